The van der Waals surface area contributed by atoms with Gasteiger partial charge in [-0.3, -0.25) is 0 Å². The highest BCUT2D eigenvalue weighted by Crippen LogP contribution is 2.44. The van der Waals surface area contributed by atoms with Gasteiger partial charge in [0, 0.05) is 19.6 Å². The molecule has 3 saturated heterocycles. The SMILES string of the molecule is CCOC1OC(COC(=O)c2ccccc2)C(OC2OC(COCc3ccccc3)C(OC(=O)c3ccccc3)C(OCc3ccccc3)C2OCc2ccccc2)C(OC(OC)(OC(=O)c2ccccc2)[C@H](OC2OC(COC(=O)c3ccccc3)C(O[C@@H](O)COCc3ccccc3)C(O)C2OCc2ccccc2)C(C)[C@@H](COC(=O)c2ccccc2)OC(=O)c2ccccc2)C1OCc1ccccc1. The Morgan fingerprint density at radius 3 is 1.11 bits per heavy atom. The number of carbonyl (C=O) groups is 6. The second-order valence-electron chi connectivity index (χ2n) is 33.8. The Morgan fingerprint density at radius 1 is 0.331 bits per heavy atom. The third-order valence-corrected chi connectivity index (χ3v) is 23.8. The summed E-state index contributed by atoms with van der Waals surface area (Å²) in [6, 6.07) is 103. The van der Waals surface area contributed by atoms with Crippen LogP contribution in [0.4, 0.5) is 0 Å². The van der Waals surface area contributed by atoms with Gasteiger partial charge < -0.3 is 110 Å². The predicted octanol–water partition coefficient (Wildman–Crippen LogP) is 16.0. The zero-order valence-corrected chi connectivity index (χ0v) is 78.5. The van der Waals surface area contributed by atoms with Gasteiger partial charge in [0.25, 0.3) is 0 Å². The molecule has 20 atom stereocenters. The number of hydrogen-bond donors (Lipinski definition) is 2. The molecule has 29 heteroatoms. The number of carbonyl (C=O) groups excluding carboxylic acids is 6. The second kappa shape index (κ2) is 53.0. The van der Waals surface area contributed by atoms with Crippen LogP contribution in [0.25, 0.3) is 0 Å². The van der Waals surface area contributed by atoms with Crippen molar-refractivity contribution >= 4 is 35.8 Å². The molecule has 0 bridgehead atoms. The fraction of sp³-hybridized carbons (Fsp3) is 0.310. The van der Waals surface area contributed by atoms with E-state index in [1.165, 1.54) is 55.5 Å². The Labute approximate surface area is 823 Å². The second-order valence-corrected chi connectivity index (χ2v) is 33.8. The molecule has 142 heavy (non-hydrogen) atoms. The topological polar surface area (TPSA) is 337 Å². The number of esters is 6. The van der Waals surface area contributed by atoms with Crippen LogP contribution in [-0.4, -0.2) is 209 Å². The van der Waals surface area contributed by atoms with E-state index in [0.29, 0.717) is 22.3 Å². The van der Waals surface area contributed by atoms with Crippen LogP contribution in [0, 0.1) is 5.92 Å². The molecule has 0 amide bonds. The lowest BCUT2D eigenvalue weighted by Crippen LogP contribution is -2.70. The first kappa shape index (κ1) is 103. The maximum Gasteiger partial charge on any atom is 0.358 e. The largest absolute Gasteiger partial charge is 0.459 e. The molecule has 3 heterocycles. The molecule has 29 nitrogen and oxygen atoms in total. The minimum Gasteiger partial charge on any atom is -0.459 e. The smallest absolute Gasteiger partial charge is 0.358 e. The molecular weight excluding hydrogens is 1820 g/mol. The van der Waals surface area contributed by atoms with E-state index in [9.17, 15) is 24.6 Å². The summed E-state index contributed by atoms with van der Waals surface area (Å²) in [5.74, 6) is -10.7. The maximum atomic E-state index is 16.5. The van der Waals surface area contributed by atoms with Crippen molar-refractivity contribution in [1.29, 1.82) is 0 Å². The van der Waals surface area contributed by atoms with Crippen LogP contribution in [0.3, 0.4) is 0 Å². The van der Waals surface area contributed by atoms with Crippen molar-refractivity contribution in [2.24, 2.45) is 5.92 Å². The van der Waals surface area contributed by atoms with Crippen molar-refractivity contribution < 1.29 is 138 Å². The average Bonchev–Trinajstić information content (AvgIpc) is 0.744. The molecule has 15 rings (SSSR count). The van der Waals surface area contributed by atoms with E-state index in [-0.39, 0.29) is 86.2 Å². The lowest BCUT2D eigenvalue weighted by Gasteiger charge is -2.52. The third kappa shape index (κ3) is 28.8. The van der Waals surface area contributed by atoms with Crippen molar-refractivity contribution in [1.82, 2.24) is 0 Å². The van der Waals surface area contributed by atoms with Crippen LogP contribution in [0.15, 0.2) is 364 Å². The summed E-state index contributed by atoms with van der Waals surface area (Å²) >= 11 is 0. The van der Waals surface area contributed by atoms with E-state index < -0.39 is 185 Å². The van der Waals surface area contributed by atoms with Crippen LogP contribution in [-0.2, 0) is 139 Å². The molecule has 0 aromatic heterocycles. The highest BCUT2D eigenvalue weighted by atomic mass is 16.9. The molecule has 0 aliphatic carbocycles. The fourth-order valence-corrected chi connectivity index (χ4v) is 16.5. The molecule has 740 valence electrons. The summed E-state index contributed by atoms with van der Waals surface area (Å²) in [6.07, 6.45) is -32.3. The maximum absolute atomic E-state index is 16.5. The minimum atomic E-state index is -3.37. The standard InChI is InChI=1S/C113H114O29/c1-4-125-110-102(129-70-82-51-27-10-28-52-82)100(97(92(134-110)74-132-106(118)85-57-33-13-34-58-85)139-112-101(128-69-81-49-25-9-26-50-81)99(127-68-80-47-23-8-24-48-80)96(138-108(120)87-61-37-15-38-62-87)90(135-112)71-123-65-77-41-17-5-18-42-77)141-113(122-3,142-109(121)88-63-39-16-40-64-88)103(76(2)89(133-107(119)86-59-35-14-36-60-86)72-130-104(116)83-53-29-11-30-54-83)140-111-98(126-67-79-45-21-7-22-46-79)94(115)95(137-93(114)75-124-66-78-43-19-6-20-44-78)91(136-111)73-131-105(117)84-55-31-12-32-56-84/h5-64,76,89-103,110-112,114-115H,4,65-75H2,1-3H3/t76?,89-,90?,91?,92?,93-,94?,95?,96?,97?,98?,99?,100?,101?,102?,103-,110?,111?,112?,113?/m1/s1. The first-order valence-corrected chi connectivity index (χ1v) is 47.0. The first-order chi connectivity index (χ1) is 69.5. The van der Waals surface area contributed by atoms with Crippen LogP contribution < -0.4 is 0 Å². The van der Waals surface area contributed by atoms with Gasteiger partial charge in [-0.1, -0.05) is 298 Å². The molecule has 0 spiro atoms. The van der Waals surface area contributed by atoms with Crippen molar-refractivity contribution in [3.05, 3.63) is 431 Å². The summed E-state index contributed by atoms with van der Waals surface area (Å²) < 4.78 is 147. The van der Waals surface area contributed by atoms with E-state index in [2.05, 4.69) is 0 Å². The summed E-state index contributed by atoms with van der Waals surface area (Å²) in [4.78, 5) is 91.3. The Bertz CT molecular complexity index is 5790. The van der Waals surface area contributed by atoms with Gasteiger partial charge in [-0.05, 0) is 113 Å². The van der Waals surface area contributed by atoms with Gasteiger partial charge in [0.1, 0.15) is 93.1 Å². The summed E-state index contributed by atoms with van der Waals surface area (Å²) in [6.45, 7) is -1.10. The lowest BCUT2D eigenvalue weighted by atomic mass is 9.93. The molecule has 3 aliphatic heterocycles. The van der Waals surface area contributed by atoms with Crippen LogP contribution in [0.1, 0.15) is 109 Å². The molecule has 3 aliphatic rings. The molecule has 17 unspecified atom stereocenters. The van der Waals surface area contributed by atoms with Crippen molar-refractivity contribution in [3.63, 3.8) is 0 Å². The first-order valence-electron chi connectivity index (χ1n) is 47.0. The fourth-order valence-electron chi connectivity index (χ4n) is 16.5. The number of aliphatic hydroxyl groups excluding tert-OH is 2. The van der Waals surface area contributed by atoms with E-state index in [1.807, 2.05) is 127 Å². The molecule has 0 radical (unpaired) electrons. The molecule has 12 aromatic carbocycles. The number of ether oxygens (including phenoxy) is 21. The summed E-state index contributed by atoms with van der Waals surface area (Å²) in [7, 11) is 1.11. The van der Waals surface area contributed by atoms with Crippen molar-refractivity contribution in [3.8, 4) is 0 Å². The van der Waals surface area contributed by atoms with Gasteiger partial charge >= 0.3 is 41.8 Å². The van der Waals surface area contributed by atoms with Gasteiger partial charge in [-0.2, -0.15) is 0 Å². The molecule has 3 fully saturated rings. The summed E-state index contributed by atoms with van der Waals surface area (Å²) in [5, 5.41) is 25.8. The summed E-state index contributed by atoms with van der Waals surface area (Å²) in [5.41, 5.74) is 4.31. The van der Waals surface area contributed by atoms with E-state index in [0.717, 1.165) is 18.2 Å². The van der Waals surface area contributed by atoms with Crippen molar-refractivity contribution in [2.75, 3.05) is 46.8 Å². The number of benzene rings is 12. The quantitative estimate of drug-likeness (QED) is 0.0203. The normalized spacial score (nSPS) is 22.3. The Hall–Kier alpha value is -13.2. The van der Waals surface area contributed by atoms with Crippen LogP contribution in [0.2, 0.25) is 0 Å². The van der Waals surface area contributed by atoms with E-state index in [1.54, 1.807) is 195 Å². The van der Waals surface area contributed by atoms with Crippen LogP contribution >= 0.6 is 0 Å². The van der Waals surface area contributed by atoms with Gasteiger partial charge in [-0.25, -0.2) is 28.8 Å². The van der Waals surface area contributed by atoms with Gasteiger partial charge in [0.15, 0.2) is 37.4 Å². The average molecular weight is 1940 g/mol. The zero-order valence-electron chi connectivity index (χ0n) is 78.5. The lowest BCUT2D eigenvalue weighted by molar-refractivity contribution is -0.459. The Kier molecular flexibility index (Phi) is 38.5. The van der Waals surface area contributed by atoms with Gasteiger partial charge in [-0.15, -0.1) is 0 Å². The zero-order chi connectivity index (χ0) is 98.6. The number of methoxy groups -OCH3 is 1. The number of hydrogen-bond acceptors (Lipinski definition) is 29. The molecular formula is C113H114O29. The van der Waals surface area contributed by atoms with Crippen LogP contribution in [0.5, 0.6) is 0 Å². The van der Waals surface area contributed by atoms with Crippen molar-refractivity contribution in [2.45, 2.75) is 170 Å². The Morgan fingerprint density at radius 2 is 0.676 bits per heavy atom. The number of aliphatic hydroxyl groups is 2. The van der Waals surface area contributed by atoms with E-state index >= 15 is 14.4 Å². The third-order valence-electron chi connectivity index (χ3n) is 23.8. The molecule has 12 aromatic rings. The van der Waals surface area contributed by atoms with Gasteiger partial charge in [0.05, 0.1) is 86.2 Å². The minimum absolute atomic E-state index is 0.00644. The number of rotatable bonds is 49. The monoisotopic (exact) mass is 1930 g/mol. The highest BCUT2D eigenvalue weighted by molar-refractivity contribution is 5.92. The molecule has 2 N–H and O–H groups in total. The highest BCUT2D eigenvalue weighted by Gasteiger charge is 2.63. The van der Waals surface area contributed by atoms with Gasteiger partial charge in [0.2, 0.25) is 0 Å². The predicted molar refractivity (Wildman–Crippen MR) is 514 cm³/mol. The van der Waals surface area contributed by atoms with E-state index in [4.69, 9.17) is 99.5 Å². The molecule has 0 saturated carbocycles. The Balaban J connectivity index is 0.953.